The Bertz CT molecular complexity index is 824. The number of rotatable bonds is 5. The first-order chi connectivity index (χ1) is 10.9. The standard InChI is InChI=1S/C16H16ClNO2S3/c1-23(19,20)21-10-4-9-18-13-5-2-3-6-15(13)22-16-8-7-12(17)11-14(16)18/h2-3,5-8,11H,4,9-10H2,1H3. The monoisotopic (exact) mass is 385 g/mol. The van der Waals surface area contributed by atoms with Gasteiger partial charge in [0.1, 0.15) is 0 Å². The van der Waals surface area contributed by atoms with Crippen LogP contribution in [0.2, 0.25) is 5.02 Å². The summed E-state index contributed by atoms with van der Waals surface area (Å²) in [4.78, 5) is 4.61. The molecule has 3 rings (SSSR count). The molecule has 0 amide bonds. The van der Waals surface area contributed by atoms with Gasteiger partial charge >= 0.3 is 0 Å². The highest BCUT2D eigenvalue weighted by Gasteiger charge is 2.23. The van der Waals surface area contributed by atoms with Crippen molar-refractivity contribution in [2.45, 2.75) is 16.2 Å². The van der Waals surface area contributed by atoms with Crippen LogP contribution < -0.4 is 4.90 Å². The number of nitrogens with zero attached hydrogens (tertiary/aromatic N) is 1. The summed E-state index contributed by atoms with van der Waals surface area (Å²) in [5, 5.41) is 0.708. The van der Waals surface area contributed by atoms with Crippen LogP contribution in [0.15, 0.2) is 52.3 Å². The van der Waals surface area contributed by atoms with E-state index in [4.69, 9.17) is 11.6 Å². The van der Waals surface area contributed by atoms with Crippen LogP contribution in [0, 0.1) is 0 Å². The van der Waals surface area contributed by atoms with Crippen LogP contribution in [0.5, 0.6) is 0 Å². The van der Waals surface area contributed by atoms with Gasteiger partial charge in [-0.1, -0.05) is 35.5 Å². The molecule has 1 aliphatic rings. The van der Waals surface area contributed by atoms with Crippen molar-refractivity contribution in [2.24, 2.45) is 0 Å². The van der Waals surface area contributed by atoms with Gasteiger partial charge in [0.15, 0.2) is 8.87 Å². The summed E-state index contributed by atoms with van der Waals surface area (Å²) in [6.07, 6.45) is 2.03. The van der Waals surface area contributed by atoms with E-state index in [1.165, 1.54) is 16.0 Å². The lowest BCUT2D eigenvalue weighted by Crippen LogP contribution is -2.22. The predicted molar refractivity (Wildman–Crippen MR) is 101 cm³/mol. The Balaban J connectivity index is 1.85. The molecular weight excluding hydrogens is 370 g/mol. The molecular formula is C16H16ClNO2S3. The third-order valence-corrected chi connectivity index (χ3v) is 7.44. The van der Waals surface area contributed by atoms with Crippen molar-refractivity contribution < 1.29 is 8.42 Å². The minimum Gasteiger partial charge on any atom is -0.340 e. The zero-order valence-corrected chi connectivity index (χ0v) is 15.7. The van der Waals surface area contributed by atoms with Gasteiger partial charge in [-0.15, -0.1) is 0 Å². The van der Waals surface area contributed by atoms with Crippen molar-refractivity contribution in [1.29, 1.82) is 0 Å². The lowest BCUT2D eigenvalue weighted by atomic mass is 10.2. The Morgan fingerprint density at radius 3 is 2.65 bits per heavy atom. The summed E-state index contributed by atoms with van der Waals surface area (Å²) in [5.41, 5.74) is 2.24. The molecule has 0 saturated heterocycles. The molecule has 0 fully saturated rings. The summed E-state index contributed by atoms with van der Waals surface area (Å²) in [6.45, 7) is 0.757. The Hall–Kier alpha value is -0.820. The maximum absolute atomic E-state index is 11.3. The van der Waals surface area contributed by atoms with Crippen molar-refractivity contribution in [3.63, 3.8) is 0 Å². The van der Waals surface area contributed by atoms with E-state index < -0.39 is 8.87 Å². The topological polar surface area (TPSA) is 37.4 Å². The SMILES string of the molecule is CS(=O)(=O)SCCCN1c2ccccc2Sc2ccc(Cl)cc21. The van der Waals surface area contributed by atoms with Crippen molar-refractivity contribution in [3.8, 4) is 0 Å². The molecule has 0 saturated carbocycles. The Labute approximate surface area is 149 Å². The number of fused-ring (bicyclic) bond motifs is 2. The molecule has 2 aromatic carbocycles. The van der Waals surface area contributed by atoms with E-state index in [2.05, 4.69) is 17.0 Å². The van der Waals surface area contributed by atoms with Crippen molar-refractivity contribution in [3.05, 3.63) is 47.5 Å². The number of anilines is 2. The van der Waals surface area contributed by atoms with Gasteiger partial charge < -0.3 is 4.90 Å². The van der Waals surface area contributed by atoms with Crippen LogP contribution in [-0.2, 0) is 8.87 Å². The molecule has 0 N–H and O–H groups in total. The second kappa shape index (κ2) is 6.97. The largest absolute Gasteiger partial charge is 0.340 e. The molecule has 0 atom stereocenters. The molecule has 23 heavy (non-hydrogen) atoms. The summed E-state index contributed by atoms with van der Waals surface area (Å²) >= 11 is 7.91. The zero-order valence-electron chi connectivity index (χ0n) is 12.5. The molecule has 0 spiro atoms. The smallest absolute Gasteiger partial charge is 0.198 e. The summed E-state index contributed by atoms with van der Waals surface area (Å²) < 4.78 is 22.5. The average Bonchev–Trinajstić information content (AvgIpc) is 2.50. The van der Waals surface area contributed by atoms with Gasteiger partial charge in [0.2, 0.25) is 0 Å². The lowest BCUT2D eigenvalue weighted by molar-refractivity contribution is 0.615. The first-order valence-corrected chi connectivity index (χ1v) is 11.7. The second-order valence-corrected chi connectivity index (χ2v) is 11.3. The molecule has 1 aliphatic heterocycles. The molecule has 0 aliphatic carbocycles. The molecule has 122 valence electrons. The minimum atomic E-state index is -2.98. The zero-order chi connectivity index (χ0) is 16.4. The summed E-state index contributed by atoms with van der Waals surface area (Å²) in [7, 11) is -1.98. The van der Waals surface area contributed by atoms with Gasteiger partial charge in [-0.2, -0.15) is 0 Å². The number of hydrogen-bond acceptors (Lipinski definition) is 5. The molecule has 0 bridgehead atoms. The van der Waals surface area contributed by atoms with Crippen LogP contribution >= 0.6 is 34.2 Å². The number of halogens is 1. The van der Waals surface area contributed by atoms with Crippen LogP contribution in [0.3, 0.4) is 0 Å². The fourth-order valence-corrected chi connectivity index (χ4v) is 5.53. The van der Waals surface area contributed by atoms with Gasteiger partial charge in [-0.25, -0.2) is 8.42 Å². The summed E-state index contributed by atoms with van der Waals surface area (Å²) in [6, 6.07) is 14.2. The van der Waals surface area contributed by atoms with E-state index in [1.54, 1.807) is 11.8 Å². The maximum atomic E-state index is 11.3. The number of benzene rings is 2. The van der Waals surface area contributed by atoms with Gasteiger partial charge in [-0.3, -0.25) is 0 Å². The van der Waals surface area contributed by atoms with Crippen molar-refractivity contribution in [1.82, 2.24) is 0 Å². The highest BCUT2D eigenvalue weighted by molar-refractivity contribution is 8.71. The van der Waals surface area contributed by atoms with Gasteiger partial charge in [0.05, 0.1) is 11.4 Å². The van der Waals surface area contributed by atoms with E-state index in [-0.39, 0.29) is 0 Å². The lowest BCUT2D eigenvalue weighted by Gasteiger charge is -2.33. The third kappa shape index (κ3) is 4.18. The molecule has 7 heteroatoms. The molecule has 3 nitrogen and oxygen atoms in total. The van der Waals surface area contributed by atoms with Gasteiger partial charge in [0.25, 0.3) is 0 Å². The molecule has 2 aromatic rings. The van der Waals surface area contributed by atoms with Crippen LogP contribution in [0.4, 0.5) is 11.4 Å². The average molecular weight is 386 g/mol. The first-order valence-electron chi connectivity index (χ1n) is 7.12. The van der Waals surface area contributed by atoms with E-state index in [1.807, 2.05) is 30.3 Å². The van der Waals surface area contributed by atoms with E-state index in [0.29, 0.717) is 10.8 Å². The maximum Gasteiger partial charge on any atom is 0.198 e. The molecule has 0 unspecified atom stereocenters. The molecule has 1 heterocycles. The summed E-state index contributed by atoms with van der Waals surface area (Å²) in [5.74, 6) is 0.584. The van der Waals surface area contributed by atoms with E-state index >= 15 is 0 Å². The first kappa shape index (κ1) is 17.0. The highest BCUT2D eigenvalue weighted by Crippen LogP contribution is 2.48. The second-order valence-electron chi connectivity index (χ2n) is 5.21. The fourth-order valence-electron chi connectivity index (χ4n) is 2.48. The van der Waals surface area contributed by atoms with Crippen LogP contribution in [0.1, 0.15) is 6.42 Å². The molecule has 0 radical (unpaired) electrons. The highest BCUT2D eigenvalue weighted by atomic mass is 35.5. The quantitative estimate of drug-likeness (QED) is 0.533. The van der Waals surface area contributed by atoms with E-state index in [9.17, 15) is 8.42 Å². The van der Waals surface area contributed by atoms with Crippen LogP contribution in [0.25, 0.3) is 0 Å². The Kier molecular flexibility index (Phi) is 5.16. The normalized spacial score (nSPS) is 13.6. The fraction of sp³-hybridized carbons (Fsp3) is 0.250. The van der Waals surface area contributed by atoms with Crippen LogP contribution in [-0.4, -0.2) is 27.0 Å². The van der Waals surface area contributed by atoms with Crippen molar-refractivity contribution >= 4 is 54.4 Å². The van der Waals surface area contributed by atoms with E-state index in [0.717, 1.165) is 35.1 Å². The third-order valence-electron chi connectivity index (χ3n) is 3.41. The molecule has 0 aromatic heterocycles. The predicted octanol–water partition coefficient (Wildman–Crippen LogP) is 5.03. The number of para-hydroxylation sites is 1. The minimum absolute atomic E-state index is 0.584. The van der Waals surface area contributed by atoms with Crippen molar-refractivity contribution in [2.75, 3.05) is 23.5 Å². The Morgan fingerprint density at radius 2 is 1.87 bits per heavy atom. The Morgan fingerprint density at radius 1 is 1.13 bits per heavy atom. The van der Waals surface area contributed by atoms with Gasteiger partial charge in [0, 0.05) is 33.4 Å². The van der Waals surface area contributed by atoms with Gasteiger partial charge in [-0.05, 0) is 47.5 Å². The number of hydrogen-bond donors (Lipinski definition) is 0.